The van der Waals surface area contributed by atoms with Gasteiger partial charge in [0, 0.05) is 31.6 Å². The van der Waals surface area contributed by atoms with E-state index >= 15 is 0 Å². The van der Waals surface area contributed by atoms with Gasteiger partial charge in [0.05, 0.1) is 17.5 Å². The number of piperazine rings is 1. The minimum atomic E-state index is -3.15. The molecule has 0 radical (unpaired) electrons. The fraction of sp³-hybridized carbons (Fsp3) is 0.333. The number of nitrogens with zero attached hydrogens (tertiary/aromatic N) is 4. The zero-order valence-corrected chi connectivity index (χ0v) is 15.3. The van der Waals surface area contributed by atoms with Gasteiger partial charge in [-0.15, -0.1) is 0 Å². The highest BCUT2D eigenvalue weighted by Gasteiger charge is 2.27. The second kappa shape index (κ2) is 6.69. The molecule has 0 saturated carbocycles. The Morgan fingerprint density at radius 2 is 1.81 bits per heavy atom. The monoisotopic (exact) mass is 372 g/mol. The van der Waals surface area contributed by atoms with Crippen LogP contribution in [0.3, 0.4) is 0 Å². The van der Waals surface area contributed by atoms with Crippen molar-refractivity contribution < 1.29 is 12.8 Å². The Balaban J connectivity index is 1.70. The van der Waals surface area contributed by atoms with E-state index in [4.69, 9.17) is 9.40 Å². The first-order chi connectivity index (χ1) is 12.6. The van der Waals surface area contributed by atoms with Crippen LogP contribution in [-0.4, -0.2) is 54.6 Å². The highest BCUT2D eigenvalue weighted by Crippen LogP contribution is 2.28. The summed E-state index contributed by atoms with van der Waals surface area (Å²) in [6.07, 6.45) is 1.60. The molecule has 8 heteroatoms. The maximum atomic E-state index is 12.1. The fourth-order valence-electron chi connectivity index (χ4n) is 3.18. The predicted octanol–water partition coefficient (Wildman–Crippen LogP) is 2.36. The van der Waals surface area contributed by atoms with Crippen LogP contribution in [0.15, 0.2) is 47.1 Å². The minimum absolute atomic E-state index is 0.131. The number of rotatable bonds is 4. The van der Waals surface area contributed by atoms with E-state index in [1.807, 2.05) is 36.4 Å². The van der Waals surface area contributed by atoms with Gasteiger partial charge in [0.1, 0.15) is 5.82 Å². The molecule has 3 aromatic rings. The number of sulfonamides is 1. The lowest BCUT2D eigenvalue weighted by molar-refractivity contribution is 0.385. The Bertz CT molecular complexity index is 1010. The molecular weight excluding hydrogens is 352 g/mol. The summed E-state index contributed by atoms with van der Waals surface area (Å²) < 4.78 is 31.2. The summed E-state index contributed by atoms with van der Waals surface area (Å²) >= 11 is 0. The molecule has 0 unspecified atom stereocenters. The number of hydrogen-bond donors (Lipinski definition) is 0. The van der Waals surface area contributed by atoms with Gasteiger partial charge in [-0.05, 0) is 31.2 Å². The SMILES string of the molecule is CCS(=O)(=O)N1CCN(c2nc(-c3ccco3)nc3ccccc23)CC1. The zero-order valence-electron chi connectivity index (χ0n) is 14.5. The zero-order chi connectivity index (χ0) is 18.1. The van der Waals surface area contributed by atoms with Gasteiger partial charge in [0.2, 0.25) is 10.0 Å². The van der Waals surface area contributed by atoms with E-state index < -0.39 is 10.0 Å². The maximum Gasteiger partial charge on any atom is 0.213 e. The number of fused-ring (bicyclic) bond motifs is 1. The van der Waals surface area contributed by atoms with Gasteiger partial charge in [-0.2, -0.15) is 4.31 Å². The van der Waals surface area contributed by atoms with Crippen molar-refractivity contribution >= 4 is 26.7 Å². The topological polar surface area (TPSA) is 79.5 Å². The standard InChI is InChI=1S/C18H20N4O3S/c1-2-26(23,24)22-11-9-21(10-12-22)18-14-6-3-4-7-15(14)19-17(20-18)16-8-5-13-25-16/h3-8,13H,2,9-12H2,1H3. The molecule has 3 heterocycles. The Morgan fingerprint density at radius 1 is 1.04 bits per heavy atom. The third-order valence-corrected chi connectivity index (χ3v) is 6.50. The predicted molar refractivity (Wildman–Crippen MR) is 100 cm³/mol. The molecule has 1 fully saturated rings. The lowest BCUT2D eigenvalue weighted by Crippen LogP contribution is -2.49. The van der Waals surface area contributed by atoms with Crippen LogP contribution in [0.4, 0.5) is 5.82 Å². The van der Waals surface area contributed by atoms with Crippen LogP contribution in [0.2, 0.25) is 0 Å². The van der Waals surface area contributed by atoms with E-state index in [9.17, 15) is 8.42 Å². The summed E-state index contributed by atoms with van der Waals surface area (Å²) in [5.41, 5.74) is 0.840. The van der Waals surface area contributed by atoms with Gasteiger partial charge in [-0.25, -0.2) is 18.4 Å². The Morgan fingerprint density at radius 3 is 2.50 bits per heavy atom. The van der Waals surface area contributed by atoms with Crippen LogP contribution < -0.4 is 4.90 Å². The average molecular weight is 372 g/mol. The first kappa shape index (κ1) is 17.0. The number of aromatic nitrogens is 2. The van der Waals surface area contributed by atoms with Crippen molar-refractivity contribution in [1.29, 1.82) is 0 Å². The Labute approximate surface area is 152 Å². The Hall–Kier alpha value is -2.45. The molecule has 0 amide bonds. The van der Waals surface area contributed by atoms with E-state index in [1.165, 1.54) is 0 Å². The molecule has 0 N–H and O–H groups in total. The number of hydrogen-bond acceptors (Lipinski definition) is 6. The number of para-hydroxylation sites is 1. The van der Waals surface area contributed by atoms with Gasteiger partial charge >= 0.3 is 0 Å². The van der Waals surface area contributed by atoms with Crippen molar-refractivity contribution in [2.45, 2.75) is 6.92 Å². The smallest absolute Gasteiger partial charge is 0.213 e. The van der Waals surface area contributed by atoms with Crippen molar-refractivity contribution in [2.24, 2.45) is 0 Å². The van der Waals surface area contributed by atoms with E-state index in [0.717, 1.165) is 16.7 Å². The number of furan rings is 1. The molecular formula is C18H20N4O3S. The van der Waals surface area contributed by atoms with Crippen molar-refractivity contribution in [3.63, 3.8) is 0 Å². The van der Waals surface area contributed by atoms with Crippen molar-refractivity contribution in [3.8, 4) is 11.6 Å². The molecule has 1 aliphatic rings. The molecule has 1 aromatic carbocycles. The third kappa shape index (κ3) is 3.06. The highest BCUT2D eigenvalue weighted by atomic mass is 32.2. The van der Waals surface area contributed by atoms with E-state index in [0.29, 0.717) is 37.8 Å². The lowest BCUT2D eigenvalue weighted by atomic mass is 10.2. The quantitative estimate of drug-likeness (QED) is 0.699. The van der Waals surface area contributed by atoms with Crippen LogP contribution in [0.25, 0.3) is 22.5 Å². The average Bonchev–Trinajstić information content (AvgIpc) is 3.22. The molecule has 4 rings (SSSR count). The molecule has 26 heavy (non-hydrogen) atoms. The second-order valence-corrected chi connectivity index (χ2v) is 8.41. The number of benzene rings is 1. The van der Waals surface area contributed by atoms with Crippen molar-refractivity contribution in [2.75, 3.05) is 36.8 Å². The Kier molecular flexibility index (Phi) is 4.37. The van der Waals surface area contributed by atoms with Crippen LogP contribution in [0.5, 0.6) is 0 Å². The largest absolute Gasteiger partial charge is 0.461 e. The summed E-state index contributed by atoms with van der Waals surface area (Å²) in [5, 5.41) is 0.953. The fourth-order valence-corrected chi connectivity index (χ4v) is 4.26. The van der Waals surface area contributed by atoms with Crippen molar-refractivity contribution in [3.05, 3.63) is 42.7 Å². The first-order valence-electron chi connectivity index (χ1n) is 8.62. The summed E-state index contributed by atoms with van der Waals surface area (Å²) in [6, 6.07) is 11.5. The summed E-state index contributed by atoms with van der Waals surface area (Å²) in [4.78, 5) is 11.5. The van der Waals surface area contributed by atoms with Crippen LogP contribution in [-0.2, 0) is 10.0 Å². The van der Waals surface area contributed by atoms with Crippen molar-refractivity contribution in [1.82, 2.24) is 14.3 Å². The molecule has 2 aromatic heterocycles. The van der Waals surface area contributed by atoms with Crippen LogP contribution in [0, 0.1) is 0 Å². The number of anilines is 1. The van der Waals surface area contributed by atoms with E-state index in [2.05, 4.69) is 9.88 Å². The molecule has 1 aliphatic heterocycles. The van der Waals surface area contributed by atoms with Gasteiger partial charge in [-0.3, -0.25) is 0 Å². The minimum Gasteiger partial charge on any atom is -0.461 e. The first-order valence-corrected chi connectivity index (χ1v) is 10.2. The normalized spacial score (nSPS) is 16.3. The molecule has 136 valence electrons. The van der Waals surface area contributed by atoms with E-state index in [1.54, 1.807) is 17.5 Å². The lowest BCUT2D eigenvalue weighted by Gasteiger charge is -2.35. The highest BCUT2D eigenvalue weighted by molar-refractivity contribution is 7.89. The molecule has 0 atom stereocenters. The van der Waals surface area contributed by atoms with Gasteiger partial charge in [0.15, 0.2) is 11.6 Å². The van der Waals surface area contributed by atoms with Gasteiger partial charge in [0.25, 0.3) is 0 Å². The third-order valence-electron chi connectivity index (χ3n) is 4.62. The summed E-state index contributed by atoms with van der Waals surface area (Å²) in [5.74, 6) is 2.10. The van der Waals surface area contributed by atoms with E-state index in [-0.39, 0.29) is 5.75 Å². The van der Waals surface area contributed by atoms with Gasteiger partial charge < -0.3 is 9.32 Å². The molecule has 1 saturated heterocycles. The van der Waals surface area contributed by atoms with Crippen LogP contribution >= 0.6 is 0 Å². The molecule has 0 spiro atoms. The van der Waals surface area contributed by atoms with Crippen LogP contribution in [0.1, 0.15) is 6.92 Å². The molecule has 0 bridgehead atoms. The van der Waals surface area contributed by atoms with Gasteiger partial charge in [-0.1, -0.05) is 12.1 Å². The maximum absolute atomic E-state index is 12.1. The second-order valence-electron chi connectivity index (χ2n) is 6.15. The summed E-state index contributed by atoms with van der Waals surface area (Å²) in [6.45, 7) is 3.79. The molecule has 0 aliphatic carbocycles. The molecule has 7 nitrogen and oxygen atoms in total. The summed E-state index contributed by atoms with van der Waals surface area (Å²) in [7, 11) is -3.15.